The number of amides is 1. The smallest absolute Gasteiger partial charge is 0.234 e. The Morgan fingerprint density at radius 2 is 2.00 bits per heavy atom. The summed E-state index contributed by atoms with van der Waals surface area (Å²) in [6.45, 7) is 8.72. The van der Waals surface area contributed by atoms with Crippen molar-refractivity contribution in [2.45, 2.75) is 33.1 Å². The molecule has 2 bridgehead atoms. The van der Waals surface area contributed by atoms with Crippen molar-refractivity contribution >= 4 is 11.6 Å². The van der Waals surface area contributed by atoms with Crippen LogP contribution >= 0.6 is 0 Å². The molecule has 3 nitrogen and oxygen atoms in total. The second kappa shape index (κ2) is 4.62. The van der Waals surface area contributed by atoms with Crippen molar-refractivity contribution in [3.63, 3.8) is 0 Å². The lowest BCUT2D eigenvalue weighted by Gasteiger charge is -2.37. The zero-order chi connectivity index (χ0) is 15.3. The van der Waals surface area contributed by atoms with Gasteiger partial charge in [-0.2, -0.15) is 0 Å². The second-order valence-electron chi connectivity index (χ2n) is 6.90. The van der Waals surface area contributed by atoms with Crippen LogP contribution in [-0.4, -0.2) is 13.0 Å². The number of fused-ring (bicyclic) bond motifs is 2. The fourth-order valence-corrected chi connectivity index (χ4v) is 4.07. The molecule has 1 aromatic carbocycles. The fraction of sp³-hybridized carbons (Fsp3) is 0.500. The molecule has 2 aliphatic rings. The SMILES string of the molecule is C=C1C(C)(C)[C@H]2CC[C@@]1(C(=O)Nc1ccc(OC)cc1)C2. The number of carbonyl (C=O) groups excluding carboxylic acids is 1. The van der Waals surface area contributed by atoms with Crippen LogP contribution in [0.5, 0.6) is 5.75 Å². The van der Waals surface area contributed by atoms with Crippen molar-refractivity contribution in [2.24, 2.45) is 16.7 Å². The predicted molar refractivity (Wildman–Crippen MR) is 84.3 cm³/mol. The van der Waals surface area contributed by atoms with E-state index >= 15 is 0 Å². The molecule has 0 aromatic heterocycles. The Hall–Kier alpha value is -1.77. The predicted octanol–water partition coefficient (Wildman–Crippen LogP) is 4.02. The highest BCUT2D eigenvalue weighted by atomic mass is 16.5. The zero-order valence-corrected chi connectivity index (χ0v) is 13.0. The molecule has 1 N–H and O–H groups in total. The molecule has 21 heavy (non-hydrogen) atoms. The van der Waals surface area contributed by atoms with Crippen molar-refractivity contribution < 1.29 is 9.53 Å². The third-order valence-corrected chi connectivity index (χ3v) is 5.67. The van der Waals surface area contributed by atoms with Crippen LogP contribution < -0.4 is 10.1 Å². The number of nitrogens with one attached hydrogen (secondary N) is 1. The van der Waals surface area contributed by atoms with E-state index in [0.29, 0.717) is 5.92 Å². The molecular weight excluding hydrogens is 262 g/mol. The van der Waals surface area contributed by atoms with E-state index in [2.05, 4.69) is 25.7 Å². The van der Waals surface area contributed by atoms with Crippen molar-refractivity contribution in [2.75, 3.05) is 12.4 Å². The van der Waals surface area contributed by atoms with Crippen LogP contribution in [0.2, 0.25) is 0 Å². The number of hydrogen-bond acceptors (Lipinski definition) is 2. The first-order chi connectivity index (χ1) is 9.90. The van der Waals surface area contributed by atoms with Gasteiger partial charge in [0.15, 0.2) is 0 Å². The first-order valence-corrected chi connectivity index (χ1v) is 7.55. The summed E-state index contributed by atoms with van der Waals surface area (Å²) in [5, 5.41) is 3.07. The fourth-order valence-electron chi connectivity index (χ4n) is 4.07. The molecule has 2 saturated carbocycles. The molecule has 3 rings (SSSR count). The van der Waals surface area contributed by atoms with Crippen LogP contribution in [0.25, 0.3) is 0 Å². The van der Waals surface area contributed by atoms with Crippen LogP contribution in [0.15, 0.2) is 36.4 Å². The molecule has 0 unspecified atom stereocenters. The normalized spacial score (nSPS) is 29.5. The number of anilines is 1. The third kappa shape index (κ3) is 1.98. The molecule has 1 aromatic rings. The van der Waals surface area contributed by atoms with Gasteiger partial charge in [-0.3, -0.25) is 4.79 Å². The van der Waals surface area contributed by atoms with E-state index in [0.717, 1.165) is 36.3 Å². The molecular formula is C18H23NO2. The Morgan fingerprint density at radius 3 is 2.52 bits per heavy atom. The highest BCUT2D eigenvalue weighted by molar-refractivity contribution is 5.98. The number of hydrogen-bond donors (Lipinski definition) is 1. The highest BCUT2D eigenvalue weighted by Gasteiger charge is 2.60. The van der Waals surface area contributed by atoms with Crippen LogP contribution in [0.1, 0.15) is 33.1 Å². The van der Waals surface area contributed by atoms with Gasteiger partial charge in [-0.05, 0) is 54.9 Å². The molecule has 2 aliphatic carbocycles. The summed E-state index contributed by atoms with van der Waals surface area (Å²) in [4.78, 5) is 12.8. The number of methoxy groups -OCH3 is 1. The van der Waals surface area contributed by atoms with Crippen LogP contribution in [0.3, 0.4) is 0 Å². The van der Waals surface area contributed by atoms with Crippen molar-refractivity contribution in [1.82, 2.24) is 0 Å². The van der Waals surface area contributed by atoms with Crippen LogP contribution in [0, 0.1) is 16.7 Å². The zero-order valence-electron chi connectivity index (χ0n) is 13.0. The van der Waals surface area contributed by atoms with Crippen molar-refractivity contribution in [1.29, 1.82) is 0 Å². The van der Waals surface area contributed by atoms with E-state index in [-0.39, 0.29) is 16.7 Å². The molecule has 0 aliphatic heterocycles. The van der Waals surface area contributed by atoms with E-state index in [4.69, 9.17) is 4.74 Å². The van der Waals surface area contributed by atoms with Crippen LogP contribution in [0.4, 0.5) is 5.69 Å². The van der Waals surface area contributed by atoms with E-state index in [1.54, 1.807) is 7.11 Å². The first kappa shape index (κ1) is 14.2. The topological polar surface area (TPSA) is 38.3 Å². The van der Waals surface area contributed by atoms with E-state index in [1.165, 1.54) is 0 Å². The standard InChI is InChI=1S/C18H23NO2/c1-12-17(2,3)13-9-10-18(12,11-13)16(20)19-14-5-7-15(21-4)8-6-14/h5-8,13H,1,9-11H2,2-4H3,(H,19,20)/t13-,18+/m0/s1. The van der Waals surface area contributed by atoms with Crippen molar-refractivity contribution in [3.05, 3.63) is 36.4 Å². The lowest BCUT2D eigenvalue weighted by Crippen LogP contribution is -2.37. The van der Waals surface area contributed by atoms with E-state index in [1.807, 2.05) is 24.3 Å². The summed E-state index contributed by atoms with van der Waals surface area (Å²) >= 11 is 0. The van der Waals surface area contributed by atoms with Gasteiger partial charge < -0.3 is 10.1 Å². The van der Waals surface area contributed by atoms with Gasteiger partial charge in [-0.25, -0.2) is 0 Å². The third-order valence-electron chi connectivity index (χ3n) is 5.67. The quantitative estimate of drug-likeness (QED) is 0.852. The molecule has 1 amide bonds. The second-order valence-corrected chi connectivity index (χ2v) is 6.90. The molecule has 0 saturated heterocycles. The Morgan fingerprint density at radius 1 is 1.33 bits per heavy atom. The number of ether oxygens (including phenoxy) is 1. The van der Waals surface area contributed by atoms with E-state index < -0.39 is 0 Å². The summed E-state index contributed by atoms with van der Waals surface area (Å²) in [6.07, 6.45) is 3.00. The largest absolute Gasteiger partial charge is 0.497 e. The molecule has 0 radical (unpaired) electrons. The average molecular weight is 285 g/mol. The summed E-state index contributed by atoms with van der Waals surface area (Å²) in [6, 6.07) is 7.47. The summed E-state index contributed by atoms with van der Waals surface area (Å²) in [7, 11) is 1.63. The Balaban J connectivity index is 1.81. The molecule has 2 atom stereocenters. The molecule has 112 valence electrons. The molecule has 0 heterocycles. The lowest BCUT2D eigenvalue weighted by atomic mass is 9.68. The minimum absolute atomic E-state index is 0.0789. The maximum atomic E-state index is 12.8. The minimum Gasteiger partial charge on any atom is -0.497 e. The van der Waals surface area contributed by atoms with Gasteiger partial charge in [0.2, 0.25) is 5.91 Å². The molecule has 3 heteroatoms. The van der Waals surface area contributed by atoms with E-state index in [9.17, 15) is 4.79 Å². The van der Waals surface area contributed by atoms with Gasteiger partial charge >= 0.3 is 0 Å². The summed E-state index contributed by atoms with van der Waals surface area (Å²) < 4.78 is 5.14. The number of benzene rings is 1. The van der Waals surface area contributed by atoms with Gasteiger partial charge in [-0.1, -0.05) is 26.0 Å². The lowest BCUT2D eigenvalue weighted by molar-refractivity contribution is -0.123. The van der Waals surface area contributed by atoms with Gasteiger partial charge in [0.25, 0.3) is 0 Å². The number of rotatable bonds is 3. The maximum absolute atomic E-state index is 12.8. The van der Waals surface area contributed by atoms with Gasteiger partial charge in [0.1, 0.15) is 5.75 Å². The Bertz CT molecular complexity index is 588. The number of carbonyl (C=O) groups is 1. The molecule has 0 spiro atoms. The van der Waals surface area contributed by atoms with Gasteiger partial charge in [0, 0.05) is 5.69 Å². The Labute approximate surface area is 126 Å². The van der Waals surface area contributed by atoms with Gasteiger partial charge in [0.05, 0.1) is 12.5 Å². The molecule has 2 fully saturated rings. The van der Waals surface area contributed by atoms with Crippen LogP contribution in [-0.2, 0) is 4.79 Å². The monoisotopic (exact) mass is 285 g/mol. The minimum atomic E-state index is -0.367. The maximum Gasteiger partial charge on any atom is 0.234 e. The average Bonchev–Trinajstić information content (AvgIpc) is 3.00. The highest BCUT2D eigenvalue weighted by Crippen LogP contribution is 2.65. The Kier molecular flexibility index (Phi) is 3.12. The van der Waals surface area contributed by atoms with Gasteiger partial charge in [-0.15, -0.1) is 0 Å². The van der Waals surface area contributed by atoms with Crippen molar-refractivity contribution in [3.8, 4) is 5.75 Å². The first-order valence-electron chi connectivity index (χ1n) is 7.55. The summed E-state index contributed by atoms with van der Waals surface area (Å²) in [5.74, 6) is 1.48. The summed E-state index contributed by atoms with van der Waals surface area (Å²) in [5.41, 5.74) is 1.64.